The van der Waals surface area contributed by atoms with Crippen LogP contribution in [-0.2, 0) is 21.2 Å². The summed E-state index contributed by atoms with van der Waals surface area (Å²) in [5, 5.41) is 0. The average molecular weight is 395 g/mol. The number of halogens is 2. The summed E-state index contributed by atoms with van der Waals surface area (Å²) in [4.78, 5) is 14.1. The molecule has 2 aromatic carbocycles. The Labute approximate surface area is 156 Å². The highest BCUT2D eigenvalue weighted by Gasteiger charge is 2.34. The molecule has 5 nitrogen and oxygen atoms in total. The largest absolute Gasteiger partial charge is 0.484 e. The maximum atomic E-state index is 13.5. The van der Waals surface area contributed by atoms with Gasteiger partial charge in [0.15, 0.2) is 16.4 Å². The molecular weight excluding hydrogens is 376 g/mol. The topological polar surface area (TPSA) is 63.7 Å². The SMILES string of the molecule is O=C(COc1ccc(F)cc1)N(Cc1cccc(F)c1)[C@H]1CCS(=O)(=O)C1. The highest BCUT2D eigenvalue weighted by atomic mass is 32.2. The van der Waals surface area contributed by atoms with Gasteiger partial charge in [-0.1, -0.05) is 12.1 Å². The van der Waals surface area contributed by atoms with Gasteiger partial charge in [-0.25, -0.2) is 17.2 Å². The van der Waals surface area contributed by atoms with Gasteiger partial charge in [-0.3, -0.25) is 4.79 Å². The second kappa shape index (κ2) is 8.04. The Morgan fingerprint density at radius 2 is 1.85 bits per heavy atom. The van der Waals surface area contributed by atoms with Crippen LogP contribution in [0.15, 0.2) is 48.5 Å². The van der Waals surface area contributed by atoms with E-state index in [4.69, 9.17) is 4.74 Å². The molecule has 0 spiro atoms. The predicted molar refractivity (Wildman–Crippen MR) is 95.9 cm³/mol. The Bertz CT molecular complexity index is 916. The molecule has 0 aromatic heterocycles. The van der Waals surface area contributed by atoms with Crippen molar-refractivity contribution in [3.63, 3.8) is 0 Å². The number of sulfone groups is 1. The smallest absolute Gasteiger partial charge is 0.261 e. The summed E-state index contributed by atoms with van der Waals surface area (Å²) in [6.07, 6.45) is 0.333. The monoisotopic (exact) mass is 395 g/mol. The summed E-state index contributed by atoms with van der Waals surface area (Å²) in [6, 6.07) is 10.6. The standard InChI is InChI=1S/C19H19F2NO4S/c20-15-4-6-18(7-5-15)26-12-19(23)22(17-8-9-27(24,25)13-17)11-14-2-1-3-16(21)10-14/h1-7,10,17H,8-9,11-13H2/t17-/m0/s1. The van der Waals surface area contributed by atoms with E-state index in [1.54, 1.807) is 6.07 Å². The average Bonchev–Trinajstić information content (AvgIpc) is 2.98. The van der Waals surface area contributed by atoms with E-state index in [-0.39, 0.29) is 24.7 Å². The number of ether oxygens (including phenoxy) is 1. The van der Waals surface area contributed by atoms with E-state index in [9.17, 15) is 22.0 Å². The third kappa shape index (κ3) is 5.26. The van der Waals surface area contributed by atoms with Gasteiger partial charge < -0.3 is 9.64 Å². The molecule has 0 N–H and O–H groups in total. The maximum absolute atomic E-state index is 13.5. The molecule has 0 bridgehead atoms. The van der Waals surface area contributed by atoms with Crippen molar-refractivity contribution in [2.24, 2.45) is 0 Å². The lowest BCUT2D eigenvalue weighted by atomic mass is 10.1. The fraction of sp³-hybridized carbons (Fsp3) is 0.316. The van der Waals surface area contributed by atoms with Crippen LogP contribution in [-0.4, -0.2) is 43.4 Å². The Morgan fingerprint density at radius 3 is 2.48 bits per heavy atom. The lowest BCUT2D eigenvalue weighted by molar-refractivity contribution is -0.136. The highest BCUT2D eigenvalue weighted by molar-refractivity contribution is 7.91. The molecule has 2 aromatic rings. The van der Waals surface area contributed by atoms with E-state index in [0.29, 0.717) is 17.7 Å². The van der Waals surface area contributed by atoms with E-state index in [1.165, 1.54) is 47.4 Å². The highest BCUT2D eigenvalue weighted by Crippen LogP contribution is 2.21. The van der Waals surface area contributed by atoms with Crippen LogP contribution in [0, 0.1) is 11.6 Å². The van der Waals surface area contributed by atoms with E-state index >= 15 is 0 Å². The number of rotatable bonds is 6. The van der Waals surface area contributed by atoms with Crippen molar-refractivity contribution in [2.45, 2.75) is 19.0 Å². The van der Waals surface area contributed by atoms with E-state index < -0.39 is 33.4 Å². The zero-order valence-electron chi connectivity index (χ0n) is 14.5. The molecule has 3 rings (SSSR count). The number of nitrogens with zero attached hydrogens (tertiary/aromatic N) is 1. The molecule has 1 aliphatic rings. The minimum absolute atomic E-state index is 0.0173. The van der Waals surface area contributed by atoms with Crippen LogP contribution in [0.2, 0.25) is 0 Å². The third-order valence-corrected chi connectivity index (χ3v) is 6.14. The molecule has 1 atom stereocenters. The van der Waals surface area contributed by atoms with Gasteiger partial charge in [0.25, 0.3) is 5.91 Å². The molecular formula is C19H19F2NO4S. The molecule has 0 saturated carbocycles. The molecule has 0 radical (unpaired) electrons. The summed E-state index contributed by atoms with van der Waals surface area (Å²) >= 11 is 0. The zero-order valence-corrected chi connectivity index (χ0v) is 15.3. The number of hydrogen-bond acceptors (Lipinski definition) is 4. The van der Waals surface area contributed by atoms with Crippen LogP contribution in [0.1, 0.15) is 12.0 Å². The Hall–Kier alpha value is -2.48. The number of benzene rings is 2. The van der Waals surface area contributed by atoms with Gasteiger partial charge in [-0.05, 0) is 48.4 Å². The van der Waals surface area contributed by atoms with Gasteiger partial charge in [0, 0.05) is 12.6 Å². The number of hydrogen-bond donors (Lipinski definition) is 0. The molecule has 1 aliphatic heterocycles. The van der Waals surface area contributed by atoms with Crippen molar-refractivity contribution in [1.29, 1.82) is 0 Å². The van der Waals surface area contributed by atoms with E-state index in [0.717, 1.165) is 0 Å². The van der Waals surface area contributed by atoms with Crippen LogP contribution >= 0.6 is 0 Å². The lowest BCUT2D eigenvalue weighted by Gasteiger charge is -2.28. The molecule has 0 aliphatic carbocycles. The first kappa shape index (κ1) is 19.3. The van der Waals surface area contributed by atoms with Crippen LogP contribution in [0.5, 0.6) is 5.75 Å². The van der Waals surface area contributed by atoms with Gasteiger partial charge in [0.1, 0.15) is 17.4 Å². The molecule has 144 valence electrons. The minimum Gasteiger partial charge on any atom is -0.484 e. The first-order valence-corrected chi connectivity index (χ1v) is 10.3. The van der Waals surface area contributed by atoms with Crippen molar-refractivity contribution in [3.8, 4) is 5.75 Å². The fourth-order valence-corrected chi connectivity index (χ4v) is 4.76. The van der Waals surface area contributed by atoms with Crippen molar-refractivity contribution in [2.75, 3.05) is 18.1 Å². The summed E-state index contributed by atoms with van der Waals surface area (Å²) < 4.78 is 55.5. The van der Waals surface area contributed by atoms with Crippen molar-refractivity contribution in [3.05, 3.63) is 65.7 Å². The molecule has 8 heteroatoms. The maximum Gasteiger partial charge on any atom is 0.261 e. The van der Waals surface area contributed by atoms with Gasteiger partial charge in [0.2, 0.25) is 0 Å². The molecule has 1 saturated heterocycles. The van der Waals surface area contributed by atoms with Crippen LogP contribution in [0.4, 0.5) is 8.78 Å². The number of carbonyl (C=O) groups excluding carboxylic acids is 1. The molecule has 1 heterocycles. The van der Waals surface area contributed by atoms with Gasteiger partial charge in [0.05, 0.1) is 11.5 Å². The fourth-order valence-electron chi connectivity index (χ4n) is 3.03. The number of carbonyl (C=O) groups is 1. The van der Waals surface area contributed by atoms with Crippen molar-refractivity contribution < 1.29 is 26.7 Å². The Kier molecular flexibility index (Phi) is 5.74. The first-order valence-electron chi connectivity index (χ1n) is 8.45. The second-order valence-corrected chi connectivity index (χ2v) is 8.68. The third-order valence-electron chi connectivity index (χ3n) is 4.39. The predicted octanol–water partition coefficient (Wildman–Crippen LogP) is 2.56. The summed E-state index contributed by atoms with van der Waals surface area (Å²) in [7, 11) is -3.20. The first-order chi connectivity index (χ1) is 12.8. The van der Waals surface area contributed by atoms with E-state index in [1.807, 2.05) is 0 Å². The van der Waals surface area contributed by atoms with Crippen molar-refractivity contribution in [1.82, 2.24) is 4.90 Å². The molecule has 0 unspecified atom stereocenters. The molecule has 1 amide bonds. The quantitative estimate of drug-likeness (QED) is 0.754. The number of amides is 1. The minimum atomic E-state index is -3.20. The normalized spacial score (nSPS) is 18.2. The summed E-state index contributed by atoms with van der Waals surface area (Å²) in [6.45, 7) is -0.235. The lowest BCUT2D eigenvalue weighted by Crippen LogP contribution is -2.43. The molecule has 27 heavy (non-hydrogen) atoms. The Balaban J connectivity index is 1.73. The van der Waals surface area contributed by atoms with Crippen LogP contribution in [0.25, 0.3) is 0 Å². The summed E-state index contributed by atoms with van der Waals surface area (Å²) in [5.41, 5.74) is 0.564. The second-order valence-electron chi connectivity index (χ2n) is 6.45. The van der Waals surface area contributed by atoms with Gasteiger partial charge >= 0.3 is 0 Å². The van der Waals surface area contributed by atoms with Crippen molar-refractivity contribution >= 4 is 15.7 Å². The van der Waals surface area contributed by atoms with Crippen LogP contribution < -0.4 is 4.74 Å². The summed E-state index contributed by atoms with van der Waals surface area (Å²) in [5.74, 6) is -1.03. The van der Waals surface area contributed by atoms with Gasteiger partial charge in [-0.15, -0.1) is 0 Å². The van der Waals surface area contributed by atoms with Crippen LogP contribution in [0.3, 0.4) is 0 Å². The van der Waals surface area contributed by atoms with E-state index in [2.05, 4.69) is 0 Å². The van der Waals surface area contributed by atoms with Gasteiger partial charge in [-0.2, -0.15) is 0 Å². The zero-order chi connectivity index (χ0) is 19.4. The Morgan fingerprint density at radius 1 is 1.11 bits per heavy atom. The molecule has 1 fully saturated rings.